The van der Waals surface area contributed by atoms with Gasteiger partial charge in [0.2, 0.25) is 0 Å². The van der Waals surface area contributed by atoms with E-state index in [9.17, 15) is 0 Å². The van der Waals surface area contributed by atoms with Crippen LogP contribution in [-0.4, -0.2) is 24.6 Å². The first kappa shape index (κ1) is 9.87. The molecule has 0 saturated carbocycles. The van der Waals surface area contributed by atoms with Crippen LogP contribution < -0.4 is 5.32 Å². The number of hydrogen-bond donors (Lipinski definition) is 1. The molecule has 0 amide bonds. The standard InChI is InChI=1S/C8H15NS/c1-4-8(9-5-2)6-7-10-3/h1,8-9H,5-7H2,2-3H3. The van der Waals surface area contributed by atoms with Crippen LogP contribution in [0.4, 0.5) is 0 Å². The van der Waals surface area contributed by atoms with E-state index in [0.717, 1.165) is 18.7 Å². The van der Waals surface area contributed by atoms with E-state index < -0.39 is 0 Å². The monoisotopic (exact) mass is 157 g/mol. The van der Waals surface area contributed by atoms with Crippen LogP contribution >= 0.6 is 11.8 Å². The second-order valence-electron chi connectivity index (χ2n) is 2.06. The Morgan fingerprint density at radius 3 is 2.80 bits per heavy atom. The summed E-state index contributed by atoms with van der Waals surface area (Å²) in [5.74, 6) is 3.85. The fourth-order valence-electron chi connectivity index (χ4n) is 0.726. The van der Waals surface area contributed by atoms with E-state index in [4.69, 9.17) is 6.42 Å². The predicted octanol–water partition coefficient (Wildman–Crippen LogP) is 1.35. The summed E-state index contributed by atoms with van der Waals surface area (Å²) in [6.45, 7) is 3.03. The molecule has 0 aliphatic heterocycles. The molecule has 10 heavy (non-hydrogen) atoms. The summed E-state index contributed by atoms with van der Waals surface area (Å²) in [5.41, 5.74) is 0. The van der Waals surface area contributed by atoms with Crippen molar-refractivity contribution in [1.29, 1.82) is 0 Å². The van der Waals surface area contributed by atoms with Crippen molar-refractivity contribution < 1.29 is 0 Å². The van der Waals surface area contributed by atoms with E-state index in [1.165, 1.54) is 0 Å². The van der Waals surface area contributed by atoms with E-state index in [0.29, 0.717) is 0 Å². The Morgan fingerprint density at radius 2 is 2.40 bits per heavy atom. The highest BCUT2D eigenvalue weighted by Gasteiger charge is 1.99. The third kappa shape index (κ3) is 4.72. The number of rotatable bonds is 5. The van der Waals surface area contributed by atoms with Crippen molar-refractivity contribution in [2.45, 2.75) is 19.4 Å². The van der Waals surface area contributed by atoms with Gasteiger partial charge in [-0.05, 0) is 25.0 Å². The molecule has 1 unspecified atom stereocenters. The smallest absolute Gasteiger partial charge is 0.0694 e. The Hall–Kier alpha value is -0.130. The molecular formula is C8H15NS. The molecule has 1 nitrogen and oxygen atoms in total. The average Bonchev–Trinajstić information content (AvgIpc) is 1.98. The first-order valence-electron chi connectivity index (χ1n) is 3.53. The van der Waals surface area contributed by atoms with Gasteiger partial charge in [0, 0.05) is 0 Å². The van der Waals surface area contributed by atoms with Crippen LogP contribution in [0.25, 0.3) is 0 Å². The molecule has 2 heteroatoms. The lowest BCUT2D eigenvalue weighted by molar-refractivity contribution is 0.619. The van der Waals surface area contributed by atoms with Crippen LogP contribution in [0.3, 0.4) is 0 Å². The minimum Gasteiger partial charge on any atom is -0.304 e. The van der Waals surface area contributed by atoms with Gasteiger partial charge in [-0.3, -0.25) is 0 Å². The molecule has 0 radical (unpaired) electrons. The maximum atomic E-state index is 5.28. The van der Waals surface area contributed by atoms with Crippen molar-refractivity contribution in [2.75, 3.05) is 18.6 Å². The summed E-state index contributed by atoms with van der Waals surface area (Å²) in [7, 11) is 0. The van der Waals surface area contributed by atoms with Crippen LogP contribution in [0.1, 0.15) is 13.3 Å². The molecule has 0 bridgehead atoms. The van der Waals surface area contributed by atoms with Crippen molar-refractivity contribution in [3.05, 3.63) is 0 Å². The van der Waals surface area contributed by atoms with Gasteiger partial charge < -0.3 is 5.32 Å². The summed E-state index contributed by atoms with van der Waals surface area (Å²) < 4.78 is 0. The number of terminal acetylenes is 1. The summed E-state index contributed by atoms with van der Waals surface area (Å²) in [6.07, 6.45) is 8.45. The fraction of sp³-hybridized carbons (Fsp3) is 0.750. The van der Waals surface area contributed by atoms with E-state index in [2.05, 4.69) is 24.4 Å². The Bertz CT molecular complexity index is 106. The van der Waals surface area contributed by atoms with Crippen molar-refractivity contribution >= 4 is 11.8 Å². The lowest BCUT2D eigenvalue weighted by atomic mass is 10.2. The fourth-order valence-corrected chi connectivity index (χ4v) is 1.20. The molecule has 0 spiro atoms. The highest BCUT2D eigenvalue weighted by molar-refractivity contribution is 7.98. The second kappa shape index (κ2) is 6.98. The summed E-state index contributed by atoms with van der Waals surface area (Å²) in [5, 5.41) is 3.22. The summed E-state index contributed by atoms with van der Waals surface area (Å²) in [6, 6.07) is 0.275. The SMILES string of the molecule is C#CC(CCSC)NCC. The van der Waals surface area contributed by atoms with Gasteiger partial charge in [-0.25, -0.2) is 0 Å². The van der Waals surface area contributed by atoms with Gasteiger partial charge in [-0.1, -0.05) is 12.8 Å². The van der Waals surface area contributed by atoms with E-state index in [-0.39, 0.29) is 6.04 Å². The van der Waals surface area contributed by atoms with Crippen LogP contribution in [0, 0.1) is 12.3 Å². The molecule has 0 aromatic carbocycles. The van der Waals surface area contributed by atoms with Gasteiger partial charge in [0.25, 0.3) is 0 Å². The third-order valence-corrected chi connectivity index (χ3v) is 1.91. The van der Waals surface area contributed by atoms with Crippen LogP contribution in [0.15, 0.2) is 0 Å². The van der Waals surface area contributed by atoms with Crippen molar-refractivity contribution in [3.8, 4) is 12.3 Å². The van der Waals surface area contributed by atoms with Gasteiger partial charge in [0.1, 0.15) is 0 Å². The maximum Gasteiger partial charge on any atom is 0.0694 e. The van der Waals surface area contributed by atoms with Gasteiger partial charge in [-0.15, -0.1) is 6.42 Å². The van der Waals surface area contributed by atoms with E-state index in [1.54, 1.807) is 0 Å². The van der Waals surface area contributed by atoms with E-state index >= 15 is 0 Å². The first-order valence-corrected chi connectivity index (χ1v) is 4.93. The molecule has 1 atom stereocenters. The molecule has 0 fully saturated rings. The van der Waals surface area contributed by atoms with Crippen LogP contribution in [-0.2, 0) is 0 Å². The molecule has 0 aliphatic carbocycles. The minimum atomic E-state index is 0.275. The Balaban J connectivity index is 3.33. The second-order valence-corrected chi connectivity index (χ2v) is 3.04. The normalized spacial score (nSPS) is 12.5. The predicted molar refractivity (Wildman–Crippen MR) is 49.3 cm³/mol. The highest BCUT2D eigenvalue weighted by Crippen LogP contribution is 1.98. The molecule has 0 aromatic heterocycles. The molecule has 0 heterocycles. The Morgan fingerprint density at radius 1 is 1.70 bits per heavy atom. The number of hydrogen-bond acceptors (Lipinski definition) is 2. The zero-order chi connectivity index (χ0) is 7.82. The molecule has 1 N–H and O–H groups in total. The first-order chi connectivity index (χ1) is 4.85. The van der Waals surface area contributed by atoms with Gasteiger partial charge >= 0.3 is 0 Å². The summed E-state index contributed by atoms with van der Waals surface area (Å²) >= 11 is 1.84. The van der Waals surface area contributed by atoms with Gasteiger partial charge in [-0.2, -0.15) is 11.8 Å². The minimum absolute atomic E-state index is 0.275. The molecule has 0 rings (SSSR count). The quantitative estimate of drug-likeness (QED) is 0.605. The number of thioether (sulfide) groups is 1. The zero-order valence-electron chi connectivity index (χ0n) is 6.68. The van der Waals surface area contributed by atoms with E-state index in [1.807, 2.05) is 11.8 Å². The van der Waals surface area contributed by atoms with Crippen LogP contribution in [0.2, 0.25) is 0 Å². The topological polar surface area (TPSA) is 12.0 Å². The van der Waals surface area contributed by atoms with Crippen molar-refractivity contribution in [3.63, 3.8) is 0 Å². The van der Waals surface area contributed by atoms with Gasteiger partial charge in [0.05, 0.1) is 6.04 Å². The van der Waals surface area contributed by atoms with Crippen LogP contribution in [0.5, 0.6) is 0 Å². The molecule has 0 aliphatic rings. The van der Waals surface area contributed by atoms with Crippen molar-refractivity contribution in [1.82, 2.24) is 5.32 Å². The molecular weight excluding hydrogens is 142 g/mol. The zero-order valence-corrected chi connectivity index (χ0v) is 7.50. The van der Waals surface area contributed by atoms with Crippen molar-refractivity contribution in [2.24, 2.45) is 0 Å². The maximum absolute atomic E-state index is 5.28. The Labute approximate surface area is 68.0 Å². The largest absolute Gasteiger partial charge is 0.304 e. The summed E-state index contributed by atoms with van der Waals surface area (Å²) in [4.78, 5) is 0. The van der Waals surface area contributed by atoms with Gasteiger partial charge in [0.15, 0.2) is 0 Å². The lowest BCUT2D eigenvalue weighted by Gasteiger charge is -2.09. The average molecular weight is 157 g/mol. The highest BCUT2D eigenvalue weighted by atomic mass is 32.2. The lowest BCUT2D eigenvalue weighted by Crippen LogP contribution is -2.27. The Kier molecular flexibility index (Phi) is 6.89. The third-order valence-electron chi connectivity index (χ3n) is 1.26. The molecule has 0 aromatic rings. The molecule has 58 valence electrons. The molecule has 0 saturated heterocycles. The number of nitrogens with one attached hydrogen (secondary N) is 1.